The summed E-state index contributed by atoms with van der Waals surface area (Å²) in [6.07, 6.45) is 1.18. The van der Waals surface area contributed by atoms with Gasteiger partial charge in [0.1, 0.15) is 5.75 Å². The molecular weight excluding hydrogens is 266 g/mol. The lowest BCUT2D eigenvalue weighted by Crippen LogP contribution is -2.36. The van der Waals surface area contributed by atoms with Crippen molar-refractivity contribution in [1.29, 1.82) is 5.26 Å². The Balaban J connectivity index is 1.91. The molecule has 0 radical (unpaired) electrons. The van der Waals surface area contributed by atoms with E-state index >= 15 is 0 Å². The van der Waals surface area contributed by atoms with Gasteiger partial charge in [-0.05, 0) is 31.1 Å². The van der Waals surface area contributed by atoms with E-state index in [4.69, 9.17) is 10.00 Å². The first kappa shape index (κ1) is 15.1. The molecule has 1 aromatic rings. The second-order valence-electron chi connectivity index (χ2n) is 4.92. The van der Waals surface area contributed by atoms with E-state index in [1.54, 1.807) is 6.07 Å². The largest absolute Gasteiger partial charge is 0.493 e. The first-order valence-electron chi connectivity index (χ1n) is 7.01. The molecule has 2 N–H and O–H groups in total. The van der Waals surface area contributed by atoms with Crippen molar-refractivity contribution in [3.05, 3.63) is 35.4 Å². The second kappa shape index (κ2) is 7.46. The van der Waals surface area contributed by atoms with E-state index in [9.17, 15) is 4.79 Å². The minimum atomic E-state index is -0.0758. The summed E-state index contributed by atoms with van der Waals surface area (Å²) in [5, 5.41) is 14.5. The van der Waals surface area contributed by atoms with Crippen LogP contribution in [0.5, 0.6) is 5.75 Å². The molecule has 1 aliphatic heterocycles. The summed E-state index contributed by atoms with van der Waals surface area (Å²) in [7, 11) is 0. The highest BCUT2D eigenvalue weighted by molar-refractivity contribution is 6.04. The Hall–Kier alpha value is -2.32. The number of ether oxygens (including phenoxy) is 1. The maximum absolute atomic E-state index is 12.1. The van der Waals surface area contributed by atoms with Crippen LogP contribution in [0.15, 0.2) is 35.4 Å². The molecule has 1 fully saturated rings. The molecule has 1 aliphatic rings. The van der Waals surface area contributed by atoms with E-state index < -0.39 is 0 Å². The summed E-state index contributed by atoms with van der Waals surface area (Å²) >= 11 is 0. The summed E-state index contributed by atoms with van der Waals surface area (Å²) in [6, 6.07) is 9.37. The van der Waals surface area contributed by atoms with Gasteiger partial charge in [0.15, 0.2) is 0 Å². The molecule has 0 aliphatic carbocycles. The highest BCUT2D eigenvalue weighted by Crippen LogP contribution is 2.19. The quantitative estimate of drug-likeness (QED) is 0.621. The molecular formula is C16H19N3O2. The maximum Gasteiger partial charge on any atom is 0.251 e. The van der Waals surface area contributed by atoms with Gasteiger partial charge in [0.05, 0.1) is 12.7 Å². The third-order valence-corrected chi connectivity index (χ3v) is 3.34. The number of anilines is 1. The Labute approximate surface area is 124 Å². The van der Waals surface area contributed by atoms with Gasteiger partial charge in [-0.1, -0.05) is 6.07 Å². The van der Waals surface area contributed by atoms with Crippen LogP contribution < -0.4 is 15.4 Å². The van der Waals surface area contributed by atoms with Crippen LogP contribution in [-0.2, 0) is 4.79 Å². The lowest BCUT2D eigenvalue weighted by atomic mass is 10.0. The number of benzene rings is 1. The van der Waals surface area contributed by atoms with Crippen molar-refractivity contribution in [2.75, 3.05) is 25.0 Å². The fourth-order valence-corrected chi connectivity index (χ4v) is 1.91. The van der Waals surface area contributed by atoms with Gasteiger partial charge in [0.2, 0.25) is 0 Å². The standard InChI is InChI=1S/C16H19N3O2/c1-12(13-10-18-11-13)16(20)19-14-5-4-6-15(9-14)21-8-3-2-7-17/h4-6,9,18H,2-3,8,10-11H2,1H3,(H,19,20). The van der Waals surface area contributed by atoms with Crippen molar-refractivity contribution in [2.24, 2.45) is 0 Å². The van der Waals surface area contributed by atoms with Crippen molar-refractivity contribution < 1.29 is 9.53 Å². The summed E-state index contributed by atoms with van der Waals surface area (Å²) in [4.78, 5) is 12.1. The van der Waals surface area contributed by atoms with Crippen molar-refractivity contribution in [3.8, 4) is 11.8 Å². The zero-order chi connectivity index (χ0) is 15.1. The molecule has 0 saturated carbocycles. The Morgan fingerprint density at radius 3 is 2.95 bits per heavy atom. The average Bonchev–Trinajstić information content (AvgIpc) is 2.42. The maximum atomic E-state index is 12.1. The predicted molar refractivity (Wildman–Crippen MR) is 81.0 cm³/mol. The van der Waals surface area contributed by atoms with E-state index in [1.807, 2.05) is 25.1 Å². The average molecular weight is 285 g/mol. The van der Waals surface area contributed by atoms with Crippen LogP contribution in [0.4, 0.5) is 5.69 Å². The Morgan fingerprint density at radius 1 is 1.48 bits per heavy atom. The highest BCUT2D eigenvalue weighted by atomic mass is 16.5. The number of carbonyl (C=O) groups excluding carboxylic acids is 1. The fraction of sp³-hybridized carbons (Fsp3) is 0.375. The number of hydrogen-bond donors (Lipinski definition) is 2. The van der Waals surface area contributed by atoms with Crippen LogP contribution in [0.25, 0.3) is 0 Å². The van der Waals surface area contributed by atoms with Crippen LogP contribution in [0, 0.1) is 11.3 Å². The molecule has 1 amide bonds. The van der Waals surface area contributed by atoms with Crippen molar-refractivity contribution in [3.63, 3.8) is 0 Å². The number of hydrogen-bond acceptors (Lipinski definition) is 4. The number of nitriles is 1. The molecule has 1 saturated heterocycles. The minimum Gasteiger partial charge on any atom is -0.493 e. The number of carbonyl (C=O) groups is 1. The molecule has 5 heteroatoms. The number of unbranched alkanes of at least 4 members (excludes halogenated alkanes) is 1. The first-order valence-corrected chi connectivity index (χ1v) is 7.01. The molecule has 2 rings (SSSR count). The summed E-state index contributed by atoms with van der Waals surface area (Å²) < 4.78 is 5.55. The third-order valence-electron chi connectivity index (χ3n) is 3.34. The lowest BCUT2D eigenvalue weighted by molar-refractivity contribution is -0.112. The molecule has 1 aromatic carbocycles. The van der Waals surface area contributed by atoms with Gasteiger partial charge < -0.3 is 15.4 Å². The van der Waals surface area contributed by atoms with E-state index in [0.717, 1.165) is 24.2 Å². The van der Waals surface area contributed by atoms with Crippen LogP contribution in [0.2, 0.25) is 0 Å². The topological polar surface area (TPSA) is 74.1 Å². The van der Waals surface area contributed by atoms with Crippen molar-refractivity contribution in [1.82, 2.24) is 5.32 Å². The van der Waals surface area contributed by atoms with Crippen molar-refractivity contribution in [2.45, 2.75) is 19.8 Å². The van der Waals surface area contributed by atoms with Crippen LogP contribution in [-0.4, -0.2) is 25.6 Å². The summed E-state index contributed by atoms with van der Waals surface area (Å²) in [6.45, 7) is 3.93. The monoisotopic (exact) mass is 285 g/mol. The predicted octanol–water partition coefficient (Wildman–Crippen LogP) is 2.23. The third kappa shape index (κ3) is 4.33. The number of amides is 1. The van der Waals surface area contributed by atoms with Gasteiger partial charge in [-0.2, -0.15) is 5.26 Å². The highest BCUT2D eigenvalue weighted by Gasteiger charge is 2.16. The van der Waals surface area contributed by atoms with E-state index in [-0.39, 0.29) is 5.91 Å². The molecule has 21 heavy (non-hydrogen) atoms. The number of nitrogens with zero attached hydrogens (tertiary/aromatic N) is 1. The molecule has 0 atom stereocenters. The Morgan fingerprint density at radius 2 is 2.29 bits per heavy atom. The van der Waals surface area contributed by atoms with Gasteiger partial charge in [-0.3, -0.25) is 4.79 Å². The summed E-state index contributed by atoms with van der Waals surface area (Å²) in [5.74, 6) is 0.620. The van der Waals surface area contributed by atoms with Gasteiger partial charge in [-0.25, -0.2) is 0 Å². The number of nitrogens with one attached hydrogen (secondary N) is 2. The molecule has 0 unspecified atom stereocenters. The second-order valence-corrected chi connectivity index (χ2v) is 4.92. The lowest BCUT2D eigenvalue weighted by Gasteiger charge is -2.21. The van der Waals surface area contributed by atoms with E-state index in [1.165, 1.54) is 0 Å². The normalized spacial score (nSPS) is 13.0. The smallest absolute Gasteiger partial charge is 0.251 e. The zero-order valence-electron chi connectivity index (χ0n) is 12.1. The van der Waals surface area contributed by atoms with Gasteiger partial charge in [-0.15, -0.1) is 0 Å². The van der Waals surface area contributed by atoms with Crippen LogP contribution in [0.3, 0.4) is 0 Å². The van der Waals surface area contributed by atoms with Gasteiger partial charge in [0, 0.05) is 36.8 Å². The Kier molecular flexibility index (Phi) is 5.35. The molecule has 0 bridgehead atoms. The fourth-order valence-electron chi connectivity index (χ4n) is 1.91. The molecule has 110 valence electrons. The molecule has 1 heterocycles. The molecule has 5 nitrogen and oxygen atoms in total. The SMILES string of the molecule is CC(C(=O)Nc1cccc(OCCCC#N)c1)=C1CNC1. The van der Waals surface area contributed by atoms with Crippen molar-refractivity contribution >= 4 is 11.6 Å². The van der Waals surface area contributed by atoms with Crippen LogP contribution >= 0.6 is 0 Å². The zero-order valence-corrected chi connectivity index (χ0v) is 12.1. The van der Waals surface area contributed by atoms with E-state index in [2.05, 4.69) is 16.7 Å². The first-order chi connectivity index (χ1) is 10.2. The Bertz CT molecular complexity index is 581. The number of rotatable bonds is 6. The minimum absolute atomic E-state index is 0.0758. The summed E-state index contributed by atoms with van der Waals surface area (Å²) in [5.41, 5.74) is 2.63. The molecule has 0 aromatic heterocycles. The van der Waals surface area contributed by atoms with E-state index in [0.29, 0.717) is 30.9 Å². The van der Waals surface area contributed by atoms with Gasteiger partial charge in [0.25, 0.3) is 5.91 Å². The van der Waals surface area contributed by atoms with Crippen LogP contribution in [0.1, 0.15) is 19.8 Å². The molecule has 0 spiro atoms. The van der Waals surface area contributed by atoms with Gasteiger partial charge >= 0.3 is 0 Å².